The van der Waals surface area contributed by atoms with Crippen molar-refractivity contribution in [2.45, 2.75) is 6.92 Å². The minimum atomic E-state index is 0.0195. The molecule has 3 rings (SSSR count). The van der Waals surface area contributed by atoms with Crippen LogP contribution in [0.1, 0.15) is 11.3 Å². The van der Waals surface area contributed by atoms with Crippen molar-refractivity contribution in [2.24, 2.45) is 0 Å². The van der Waals surface area contributed by atoms with E-state index in [4.69, 9.17) is 11.6 Å². The summed E-state index contributed by atoms with van der Waals surface area (Å²) in [7, 11) is 2.07. The molecule has 1 aliphatic rings. The number of benzene rings is 1. The van der Waals surface area contributed by atoms with E-state index < -0.39 is 0 Å². The van der Waals surface area contributed by atoms with Gasteiger partial charge in [0, 0.05) is 37.8 Å². The molecule has 1 aromatic heterocycles. The van der Waals surface area contributed by atoms with E-state index in [1.54, 1.807) is 16.8 Å². The smallest absolute Gasteiger partial charge is 0.246 e. The molecule has 2 heterocycles. The molecule has 1 aromatic carbocycles. The van der Waals surface area contributed by atoms with Crippen molar-refractivity contribution in [3.63, 3.8) is 0 Å². The number of piperazine rings is 1. The van der Waals surface area contributed by atoms with Crippen LogP contribution in [0.5, 0.6) is 0 Å². The molecule has 5 nitrogen and oxygen atoms in total. The molecule has 1 fully saturated rings. The average Bonchev–Trinajstić information content (AvgIpc) is 2.88. The molecule has 1 aliphatic heterocycles. The van der Waals surface area contributed by atoms with Gasteiger partial charge >= 0.3 is 0 Å². The van der Waals surface area contributed by atoms with E-state index in [9.17, 15) is 4.79 Å². The number of hydrogen-bond acceptors (Lipinski definition) is 3. The molecule has 2 aromatic rings. The first kappa shape index (κ1) is 16.7. The summed E-state index contributed by atoms with van der Waals surface area (Å²) in [5.41, 5.74) is 2.48. The summed E-state index contributed by atoms with van der Waals surface area (Å²) in [5, 5.41) is 5.00. The topological polar surface area (TPSA) is 41.4 Å². The molecule has 1 amide bonds. The Morgan fingerprint density at radius 3 is 2.50 bits per heavy atom. The molecule has 0 bridgehead atoms. The third kappa shape index (κ3) is 3.52. The van der Waals surface area contributed by atoms with Gasteiger partial charge < -0.3 is 9.80 Å². The van der Waals surface area contributed by atoms with Crippen LogP contribution < -0.4 is 0 Å². The van der Waals surface area contributed by atoms with Crippen LogP contribution in [0.4, 0.5) is 0 Å². The van der Waals surface area contributed by atoms with Gasteiger partial charge in [-0.25, -0.2) is 4.68 Å². The first-order chi connectivity index (χ1) is 11.6. The summed E-state index contributed by atoms with van der Waals surface area (Å²) in [6, 6.07) is 9.72. The summed E-state index contributed by atoms with van der Waals surface area (Å²) in [4.78, 5) is 16.4. The lowest BCUT2D eigenvalue weighted by Crippen LogP contribution is -2.46. The van der Waals surface area contributed by atoms with Gasteiger partial charge in [0.2, 0.25) is 5.91 Å². The Labute approximate surface area is 147 Å². The fraction of sp³-hybridized carbons (Fsp3) is 0.333. The van der Waals surface area contributed by atoms with E-state index in [0.717, 1.165) is 43.1 Å². The van der Waals surface area contributed by atoms with Crippen molar-refractivity contribution in [3.8, 4) is 5.69 Å². The zero-order chi connectivity index (χ0) is 17.1. The molecule has 0 unspecified atom stereocenters. The second-order valence-corrected chi connectivity index (χ2v) is 6.36. The van der Waals surface area contributed by atoms with E-state index >= 15 is 0 Å². The molecular weight excluding hydrogens is 324 g/mol. The molecular formula is C18H21ClN4O. The van der Waals surface area contributed by atoms with Gasteiger partial charge in [0.25, 0.3) is 0 Å². The van der Waals surface area contributed by atoms with Crippen LogP contribution in [0, 0.1) is 6.92 Å². The van der Waals surface area contributed by atoms with Crippen molar-refractivity contribution in [3.05, 3.63) is 52.8 Å². The molecule has 0 saturated carbocycles. The minimum Gasteiger partial charge on any atom is -0.337 e. The predicted molar refractivity (Wildman–Crippen MR) is 96.4 cm³/mol. The normalized spacial score (nSPS) is 16.0. The highest BCUT2D eigenvalue weighted by Crippen LogP contribution is 2.24. The van der Waals surface area contributed by atoms with Crippen molar-refractivity contribution >= 4 is 23.6 Å². The Hall–Kier alpha value is -2.11. The Morgan fingerprint density at radius 2 is 1.83 bits per heavy atom. The van der Waals surface area contributed by atoms with Gasteiger partial charge in [-0.05, 0) is 32.2 Å². The molecule has 24 heavy (non-hydrogen) atoms. The second-order valence-electron chi connectivity index (χ2n) is 6.00. The third-order valence-electron chi connectivity index (χ3n) is 4.26. The standard InChI is InChI=1S/C18H21ClN4O/c1-14-16(8-9-17(24)22-12-10-21(2)11-13-22)18(19)23(20-14)15-6-4-3-5-7-15/h3-9H,10-13H2,1-2H3. The van der Waals surface area contributed by atoms with Crippen molar-refractivity contribution in [2.75, 3.05) is 33.2 Å². The van der Waals surface area contributed by atoms with Crippen LogP contribution in [0.2, 0.25) is 5.15 Å². The van der Waals surface area contributed by atoms with Gasteiger partial charge in [0.1, 0.15) is 5.15 Å². The molecule has 0 radical (unpaired) electrons. The molecule has 1 saturated heterocycles. The lowest BCUT2D eigenvalue weighted by molar-refractivity contribution is -0.127. The number of hydrogen-bond donors (Lipinski definition) is 0. The van der Waals surface area contributed by atoms with E-state index in [1.807, 2.05) is 42.2 Å². The van der Waals surface area contributed by atoms with Gasteiger partial charge in [-0.1, -0.05) is 29.8 Å². The van der Waals surface area contributed by atoms with E-state index in [-0.39, 0.29) is 5.91 Å². The third-order valence-corrected chi connectivity index (χ3v) is 4.62. The van der Waals surface area contributed by atoms with Crippen LogP contribution >= 0.6 is 11.6 Å². The SMILES string of the molecule is Cc1nn(-c2ccccc2)c(Cl)c1C=CC(=O)N1CCN(C)CC1. The molecule has 0 aliphatic carbocycles. The second kappa shape index (κ2) is 7.20. The highest BCUT2D eigenvalue weighted by atomic mass is 35.5. The summed E-state index contributed by atoms with van der Waals surface area (Å²) in [5.74, 6) is 0.0195. The Kier molecular flexibility index (Phi) is 5.02. The monoisotopic (exact) mass is 344 g/mol. The summed E-state index contributed by atoms with van der Waals surface area (Å²) in [6.07, 6.45) is 3.36. The van der Waals surface area contributed by atoms with Crippen LogP contribution in [0.15, 0.2) is 36.4 Å². The molecule has 0 atom stereocenters. The first-order valence-electron chi connectivity index (χ1n) is 8.02. The van der Waals surface area contributed by atoms with E-state index in [2.05, 4.69) is 17.0 Å². The number of aryl methyl sites for hydroxylation is 1. The van der Waals surface area contributed by atoms with Crippen LogP contribution in [-0.4, -0.2) is 58.7 Å². The van der Waals surface area contributed by atoms with Crippen molar-refractivity contribution in [1.29, 1.82) is 0 Å². The van der Waals surface area contributed by atoms with Crippen LogP contribution in [-0.2, 0) is 4.79 Å². The largest absolute Gasteiger partial charge is 0.337 e. The van der Waals surface area contributed by atoms with Gasteiger partial charge in [-0.3, -0.25) is 4.79 Å². The quantitative estimate of drug-likeness (QED) is 0.804. The van der Waals surface area contributed by atoms with E-state index in [1.165, 1.54) is 0 Å². The Morgan fingerprint density at radius 1 is 1.17 bits per heavy atom. The number of halogens is 1. The zero-order valence-electron chi connectivity index (χ0n) is 13.9. The lowest BCUT2D eigenvalue weighted by atomic mass is 10.2. The van der Waals surface area contributed by atoms with Crippen molar-refractivity contribution < 1.29 is 4.79 Å². The average molecular weight is 345 g/mol. The number of amides is 1. The number of likely N-dealkylation sites (N-methyl/N-ethyl adjacent to an activating group) is 1. The first-order valence-corrected chi connectivity index (χ1v) is 8.40. The molecule has 126 valence electrons. The highest BCUT2D eigenvalue weighted by molar-refractivity contribution is 6.31. The maximum absolute atomic E-state index is 12.3. The van der Waals surface area contributed by atoms with Gasteiger partial charge in [-0.2, -0.15) is 5.10 Å². The van der Waals surface area contributed by atoms with Crippen LogP contribution in [0.3, 0.4) is 0 Å². The summed E-state index contributed by atoms with van der Waals surface area (Å²) < 4.78 is 1.69. The van der Waals surface area contributed by atoms with Crippen molar-refractivity contribution in [1.82, 2.24) is 19.6 Å². The number of carbonyl (C=O) groups excluding carboxylic acids is 1. The Balaban J connectivity index is 1.78. The minimum absolute atomic E-state index is 0.0195. The summed E-state index contributed by atoms with van der Waals surface area (Å²) >= 11 is 6.47. The number of carbonyl (C=O) groups is 1. The van der Waals surface area contributed by atoms with E-state index in [0.29, 0.717) is 5.15 Å². The fourth-order valence-corrected chi connectivity index (χ4v) is 3.06. The Bertz CT molecular complexity index is 746. The predicted octanol–water partition coefficient (Wildman–Crippen LogP) is 2.62. The summed E-state index contributed by atoms with van der Waals surface area (Å²) in [6.45, 7) is 5.23. The number of para-hydroxylation sites is 1. The molecule has 6 heteroatoms. The molecule has 0 spiro atoms. The maximum Gasteiger partial charge on any atom is 0.246 e. The number of rotatable bonds is 3. The fourth-order valence-electron chi connectivity index (χ4n) is 2.73. The number of aromatic nitrogens is 2. The van der Waals surface area contributed by atoms with Crippen LogP contribution in [0.25, 0.3) is 11.8 Å². The zero-order valence-corrected chi connectivity index (χ0v) is 14.7. The van der Waals surface area contributed by atoms with Gasteiger partial charge in [-0.15, -0.1) is 0 Å². The highest BCUT2D eigenvalue weighted by Gasteiger charge is 2.18. The lowest BCUT2D eigenvalue weighted by Gasteiger charge is -2.31. The number of nitrogens with zero attached hydrogens (tertiary/aromatic N) is 4. The van der Waals surface area contributed by atoms with Gasteiger partial charge in [0.15, 0.2) is 0 Å². The molecule has 0 N–H and O–H groups in total. The van der Waals surface area contributed by atoms with Gasteiger partial charge in [0.05, 0.1) is 11.4 Å². The maximum atomic E-state index is 12.3.